The van der Waals surface area contributed by atoms with Crippen LogP contribution in [-0.2, 0) is 21.2 Å². The van der Waals surface area contributed by atoms with Crippen molar-refractivity contribution in [2.75, 3.05) is 41.9 Å². The van der Waals surface area contributed by atoms with Crippen molar-refractivity contribution in [3.63, 3.8) is 0 Å². The monoisotopic (exact) mass is 612 g/mol. The van der Waals surface area contributed by atoms with Crippen LogP contribution < -0.4 is 9.21 Å². The zero-order chi connectivity index (χ0) is 30.8. The summed E-state index contributed by atoms with van der Waals surface area (Å²) in [6.07, 6.45) is 4.68. The minimum atomic E-state index is -4.11. The van der Waals surface area contributed by atoms with Crippen molar-refractivity contribution in [1.29, 1.82) is 0 Å². The number of para-hydroxylation sites is 2. The Bertz CT molecular complexity index is 1890. The number of fused-ring (bicyclic) bond motifs is 1. The number of carboxylic acids is 1. The highest BCUT2D eigenvalue weighted by molar-refractivity contribution is 7.92. The lowest BCUT2D eigenvalue weighted by molar-refractivity contribution is -0.127. The predicted molar refractivity (Wildman–Crippen MR) is 169 cm³/mol. The van der Waals surface area contributed by atoms with E-state index in [0.717, 1.165) is 11.3 Å². The fraction of sp³-hybridized carbons (Fsp3) is 0.242. The lowest BCUT2D eigenvalue weighted by atomic mass is 10.1. The molecule has 1 N–H and O–H groups in total. The van der Waals surface area contributed by atoms with E-state index in [9.17, 15) is 23.1 Å². The van der Waals surface area contributed by atoms with Crippen LogP contribution in [0.5, 0.6) is 0 Å². The third-order valence-corrected chi connectivity index (χ3v) is 9.87. The number of carboxylic acid groups (broad SMARTS) is 1. The number of benzene rings is 3. The van der Waals surface area contributed by atoms with Gasteiger partial charge in [-0.3, -0.25) is 14.1 Å². The number of hydrogen-bond donors (Lipinski definition) is 1. The number of piperazine rings is 1. The summed E-state index contributed by atoms with van der Waals surface area (Å²) in [5, 5.41) is 9.94. The van der Waals surface area contributed by atoms with Crippen LogP contribution in [0.25, 0.3) is 11.0 Å². The van der Waals surface area contributed by atoms with Crippen LogP contribution in [0, 0.1) is 6.92 Å². The Morgan fingerprint density at radius 1 is 0.977 bits per heavy atom. The molecule has 0 saturated carbocycles. The molecule has 0 radical (unpaired) electrons. The van der Waals surface area contributed by atoms with Crippen LogP contribution in [0.15, 0.2) is 98.9 Å². The molecule has 0 unspecified atom stereocenters. The van der Waals surface area contributed by atoms with Crippen molar-refractivity contribution in [2.24, 2.45) is 4.99 Å². The average molecular weight is 613 g/mol. The Kier molecular flexibility index (Phi) is 7.96. The third kappa shape index (κ3) is 5.58. The van der Waals surface area contributed by atoms with E-state index in [1.165, 1.54) is 22.5 Å². The van der Waals surface area contributed by atoms with Crippen LogP contribution in [0.4, 0.5) is 11.4 Å². The zero-order valence-electron chi connectivity index (χ0n) is 24.2. The number of sulfonamides is 1. The van der Waals surface area contributed by atoms with Crippen LogP contribution in [0.1, 0.15) is 28.1 Å². The number of carbonyl (C=O) groups excluding carboxylic acids is 1. The maximum atomic E-state index is 14.5. The van der Waals surface area contributed by atoms with E-state index < -0.39 is 16.0 Å². The number of anilines is 2. The van der Waals surface area contributed by atoms with Crippen LogP contribution in [-0.4, -0.2) is 69.2 Å². The normalized spacial score (nSPS) is 15.1. The van der Waals surface area contributed by atoms with Gasteiger partial charge in [-0.1, -0.05) is 42.5 Å². The SMILES string of the molecule is Cc1c(C(=O)O)oc2ccc(S(=O)(=O)N(CCc3ccccc3)c3ccccc3N3CCN(C(=O)C4=CCC=N4)CC3)cc12. The van der Waals surface area contributed by atoms with Crippen LogP contribution >= 0.6 is 0 Å². The first kappa shape index (κ1) is 29.2. The topological polar surface area (TPSA) is 124 Å². The highest BCUT2D eigenvalue weighted by Gasteiger charge is 2.31. The molecule has 1 fully saturated rings. The van der Waals surface area contributed by atoms with Gasteiger partial charge in [0, 0.05) is 56.3 Å². The molecule has 44 heavy (non-hydrogen) atoms. The van der Waals surface area contributed by atoms with Crippen molar-refractivity contribution in [3.8, 4) is 0 Å². The first-order valence-corrected chi connectivity index (χ1v) is 15.9. The van der Waals surface area contributed by atoms with E-state index in [1.54, 1.807) is 24.1 Å². The Hall–Kier alpha value is -4.90. The number of hydrogen-bond acceptors (Lipinski definition) is 7. The van der Waals surface area contributed by atoms with Gasteiger partial charge in [0.15, 0.2) is 0 Å². The first-order valence-electron chi connectivity index (χ1n) is 14.4. The molecule has 0 aliphatic carbocycles. The van der Waals surface area contributed by atoms with Crippen LogP contribution in [0.3, 0.4) is 0 Å². The van der Waals surface area contributed by atoms with E-state index in [2.05, 4.69) is 9.89 Å². The van der Waals surface area contributed by atoms with Crippen molar-refractivity contribution >= 4 is 50.5 Å². The second kappa shape index (κ2) is 12.0. The van der Waals surface area contributed by atoms with E-state index in [4.69, 9.17) is 4.42 Å². The van der Waals surface area contributed by atoms with Gasteiger partial charge in [0.05, 0.1) is 16.3 Å². The smallest absolute Gasteiger partial charge is 0.372 e. The second-order valence-electron chi connectivity index (χ2n) is 10.7. The van der Waals surface area contributed by atoms with Crippen molar-refractivity contribution in [1.82, 2.24) is 4.90 Å². The molecule has 1 amide bonds. The molecular weight excluding hydrogens is 580 g/mol. The standard InChI is InChI=1S/C33H32N4O6S/c1-23-26-22-25(13-14-30(26)43-31(23)33(39)40)44(41,42)37(17-15-24-8-3-2-4-9-24)29-12-6-5-11-28(29)35-18-20-36(21-19-35)32(38)27-10-7-16-34-27/h2-6,8-14,16,22H,7,15,17-21H2,1H3,(H,39,40). The molecule has 6 rings (SSSR count). The van der Waals surface area contributed by atoms with E-state index in [1.807, 2.05) is 54.6 Å². The molecule has 3 aromatic carbocycles. The summed E-state index contributed by atoms with van der Waals surface area (Å²) in [4.78, 5) is 32.6. The summed E-state index contributed by atoms with van der Waals surface area (Å²) in [6, 6.07) is 21.5. The van der Waals surface area contributed by atoms with E-state index in [-0.39, 0.29) is 23.1 Å². The molecule has 1 aromatic heterocycles. The molecule has 0 atom stereocenters. The molecule has 3 heterocycles. The number of carbonyl (C=O) groups is 2. The van der Waals surface area contributed by atoms with Gasteiger partial charge >= 0.3 is 5.97 Å². The average Bonchev–Trinajstić information content (AvgIpc) is 3.70. The molecule has 11 heteroatoms. The van der Waals surface area contributed by atoms with Crippen molar-refractivity contribution in [2.45, 2.75) is 24.7 Å². The van der Waals surface area contributed by atoms with Gasteiger partial charge in [0.2, 0.25) is 5.76 Å². The molecular formula is C33H32N4O6S. The summed E-state index contributed by atoms with van der Waals surface area (Å²) in [5.74, 6) is -1.51. The number of amides is 1. The fourth-order valence-corrected chi connectivity index (χ4v) is 7.21. The number of nitrogens with zero attached hydrogens (tertiary/aromatic N) is 4. The summed E-state index contributed by atoms with van der Waals surface area (Å²) in [6.45, 7) is 3.82. The number of rotatable bonds is 9. The van der Waals surface area contributed by atoms with Gasteiger partial charge in [-0.15, -0.1) is 0 Å². The molecule has 2 aliphatic heterocycles. The summed E-state index contributed by atoms with van der Waals surface area (Å²) < 4.78 is 35.8. The molecule has 10 nitrogen and oxygen atoms in total. The Balaban J connectivity index is 1.35. The highest BCUT2D eigenvalue weighted by atomic mass is 32.2. The van der Waals surface area contributed by atoms with Crippen molar-refractivity contribution in [3.05, 3.63) is 101 Å². The lowest BCUT2D eigenvalue weighted by Crippen LogP contribution is -2.49. The quantitative estimate of drug-likeness (QED) is 0.286. The number of furan rings is 1. The minimum Gasteiger partial charge on any atom is -0.475 e. The molecule has 0 bridgehead atoms. The number of aryl methyl sites for hydroxylation is 1. The van der Waals surface area contributed by atoms with Crippen molar-refractivity contribution < 1.29 is 27.5 Å². The second-order valence-corrected chi connectivity index (χ2v) is 12.6. The predicted octanol–water partition coefficient (Wildman–Crippen LogP) is 4.88. The van der Waals surface area contributed by atoms with E-state index >= 15 is 0 Å². The van der Waals surface area contributed by atoms with Crippen LogP contribution in [0.2, 0.25) is 0 Å². The molecule has 226 valence electrons. The van der Waals surface area contributed by atoms with Gasteiger partial charge in [-0.05, 0) is 55.3 Å². The lowest BCUT2D eigenvalue weighted by Gasteiger charge is -2.38. The van der Waals surface area contributed by atoms with E-state index in [0.29, 0.717) is 66.9 Å². The van der Waals surface area contributed by atoms with Gasteiger partial charge in [0.25, 0.3) is 15.9 Å². The first-order chi connectivity index (χ1) is 21.2. The zero-order valence-corrected chi connectivity index (χ0v) is 25.0. The Morgan fingerprint density at radius 3 is 2.41 bits per heavy atom. The molecule has 0 spiro atoms. The maximum Gasteiger partial charge on any atom is 0.372 e. The van der Waals surface area contributed by atoms with Gasteiger partial charge in [0.1, 0.15) is 11.3 Å². The summed E-state index contributed by atoms with van der Waals surface area (Å²) in [7, 11) is -4.11. The van der Waals surface area contributed by atoms with Gasteiger partial charge in [-0.25, -0.2) is 13.2 Å². The minimum absolute atomic E-state index is 0.0366. The van der Waals surface area contributed by atoms with Gasteiger partial charge in [-0.2, -0.15) is 0 Å². The number of aromatic carboxylic acids is 1. The molecule has 4 aromatic rings. The number of allylic oxidation sites excluding steroid dienone is 1. The number of aliphatic imine (C=N–C) groups is 1. The Labute approximate surface area is 255 Å². The fourth-order valence-electron chi connectivity index (χ4n) is 5.70. The summed E-state index contributed by atoms with van der Waals surface area (Å²) >= 11 is 0. The Morgan fingerprint density at radius 2 is 1.70 bits per heavy atom. The maximum absolute atomic E-state index is 14.5. The molecule has 1 saturated heterocycles. The highest BCUT2D eigenvalue weighted by Crippen LogP contribution is 2.36. The summed E-state index contributed by atoms with van der Waals surface area (Å²) in [5.41, 5.74) is 3.42. The van der Waals surface area contributed by atoms with Gasteiger partial charge < -0.3 is 19.3 Å². The third-order valence-electron chi connectivity index (χ3n) is 8.06. The molecule has 2 aliphatic rings. The largest absolute Gasteiger partial charge is 0.475 e.